The molecule has 1 heterocycles. The molecule has 7 heteroatoms. The monoisotopic (exact) mass is 156 g/mol. The first-order valence-corrected chi connectivity index (χ1v) is 2.08. The second-order valence-electron chi connectivity index (χ2n) is 1.59. The fourth-order valence-electron chi connectivity index (χ4n) is 0.413. The third kappa shape index (κ3) is 0.550. The van der Waals surface area contributed by atoms with Gasteiger partial charge in [-0.15, -0.1) is 5.01 Å². The van der Waals surface area contributed by atoms with E-state index in [1.165, 1.54) is 0 Å². The Hall–Kier alpha value is -1.10. The molecule has 0 aromatic carbocycles. The zero-order valence-corrected chi connectivity index (χ0v) is 4.31. The van der Waals surface area contributed by atoms with Gasteiger partial charge in [-0.25, -0.2) is 4.79 Å². The quantitative estimate of drug-likeness (QED) is 0.184. The molecule has 1 saturated heterocycles. The Morgan fingerprint density at radius 3 is 1.70 bits per heavy atom. The fraction of sp³-hybridized carbons (Fsp3) is 0.667. The topological polar surface area (TPSA) is 32.4 Å². The Morgan fingerprint density at radius 2 is 1.60 bits per heavy atom. The van der Waals surface area contributed by atoms with Crippen LogP contribution in [-0.2, 0) is 4.79 Å². The number of nitrogens with zero attached hydrogens (tertiary/aromatic N) is 2. The van der Waals surface area contributed by atoms with Crippen molar-refractivity contribution in [3.05, 3.63) is 0 Å². The summed E-state index contributed by atoms with van der Waals surface area (Å²) >= 11 is 0. The van der Waals surface area contributed by atoms with Gasteiger partial charge in [-0.3, -0.25) is 0 Å². The van der Waals surface area contributed by atoms with E-state index in [0.29, 0.717) is 6.08 Å². The van der Waals surface area contributed by atoms with E-state index < -0.39 is 17.1 Å². The van der Waals surface area contributed by atoms with E-state index in [-0.39, 0.29) is 0 Å². The first-order chi connectivity index (χ1) is 4.44. The van der Waals surface area contributed by atoms with E-state index in [1.54, 1.807) is 0 Å². The maximum absolute atomic E-state index is 11.7. The summed E-state index contributed by atoms with van der Waals surface area (Å²) in [5.41, 5.74) is 0. The first-order valence-electron chi connectivity index (χ1n) is 2.08. The van der Waals surface area contributed by atoms with Crippen molar-refractivity contribution in [1.82, 2.24) is 5.01 Å². The lowest BCUT2D eigenvalue weighted by atomic mass is 10.8. The minimum atomic E-state index is -4.32. The third-order valence-corrected chi connectivity index (χ3v) is 0.985. The predicted molar refractivity (Wildman–Crippen MR) is 19.9 cm³/mol. The molecule has 0 amide bonds. The van der Waals surface area contributed by atoms with Crippen molar-refractivity contribution in [3.8, 4) is 0 Å². The first kappa shape index (κ1) is 7.01. The van der Waals surface area contributed by atoms with Crippen molar-refractivity contribution < 1.29 is 22.4 Å². The molecule has 0 aromatic rings. The predicted octanol–water partition coefficient (Wildman–Crippen LogP) is 0.738. The zero-order valence-electron chi connectivity index (χ0n) is 4.31. The summed E-state index contributed by atoms with van der Waals surface area (Å²) in [5, 5.41) is 1.16. The van der Waals surface area contributed by atoms with Gasteiger partial charge in [-0.2, -0.15) is 17.6 Å². The Kier molecular flexibility index (Phi) is 1.04. The molecule has 1 rings (SSSR count). The molecule has 0 atom stereocenters. The van der Waals surface area contributed by atoms with Crippen LogP contribution in [0.25, 0.3) is 0 Å². The summed E-state index contributed by atoms with van der Waals surface area (Å²) in [6.45, 7) is 0. The molecule has 56 valence electrons. The highest BCUT2D eigenvalue weighted by Gasteiger charge is 2.86. The van der Waals surface area contributed by atoms with Gasteiger partial charge in [0.05, 0.1) is 0 Å². The highest BCUT2D eigenvalue weighted by Crippen LogP contribution is 2.56. The Labute approximate surface area is 51.9 Å². The molecule has 0 aromatic heterocycles. The van der Waals surface area contributed by atoms with E-state index >= 15 is 0 Å². The summed E-state index contributed by atoms with van der Waals surface area (Å²) in [6, 6.07) is -8.63. The van der Waals surface area contributed by atoms with Gasteiger partial charge in [0.1, 0.15) is 0 Å². The summed E-state index contributed by atoms with van der Waals surface area (Å²) < 4.78 is 46.7. The van der Waals surface area contributed by atoms with Gasteiger partial charge in [-0.1, -0.05) is 5.10 Å². The lowest BCUT2D eigenvalue weighted by molar-refractivity contribution is -0.0278. The average Bonchev–Trinajstić information content (AvgIpc) is 2.13. The van der Waals surface area contributed by atoms with Crippen LogP contribution in [0.5, 0.6) is 0 Å². The number of carbonyl (C=O) groups excluding carboxylic acids is 1. The van der Waals surface area contributed by atoms with Gasteiger partial charge in [0.15, 0.2) is 0 Å². The summed E-state index contributed by atoms with van der Waals surface area (Å²) in [4.78, 5) is 9.23. The van der Waals surface area contributed by atoms with Crippen LogP contribution in [0.1, 0.15) is 0 Å². The second kappa shape index (κ2) is 1.49. The molecule has 0 bridgehead atoms. The largest absolute Gasteiger partial charge is 0.430 e. The van der Waals surface area contributed by atoms with Crippen LogP contribution in [0.15, 0.2) is 5.10 Å². The molecular weight excluding hydrogens is 156 g/mol. The zero-order chi connectivity index (χ0) is 7.99. The fourth-order valence-corrected chi connectivity index (χ4v) is 0.413. The summed E-state index contributed by atoms with van der Waals surface area (Å²) in [7, 11) is 0. The SMILES string of the molecule is O=C=NN1C(F)(F)C1(F)F. The van der Waals surface area contributed by atoms with Crippen molar-refractivity contribution in [1.29, 1.82) is 0 Å². The Morgan fingerprint density at radius 1 is 1.20 bits per heavy atom. The highest BCUT2D eigenvalue weighted by molar-refractivity contribution is 5.33. The lowest BCUT2D eigenvalue weighted by Crippen LogP contribution is -2.02. The van der Waals surface area contributed by atoms with Crippen molar-refractivity contribution in [2.75, 3.05) is 0 Å². The highest BCUT2D eigenvalue weighted by atomic mass is 19.3. The molecule has 1 fully saturated rings. The smallest absolute Gasteiger partial charge is 0.209 e. The molecule has 0 saturated carbocycles. The average molecular weight is 156 g/mol. The van der Waals surface area contributed by atoms with E-state index in [2.05, 4.69) is 5.10 Å². The molecule has 0 radical (unpaired) electrons. The van der Waals surface area contributed by atoms with Gasteiger partial charge in [-0.05, 0) is 0 Å². The Balaban J connectivity index is 2.81. The molecule has 0 spiro atoms. The number of rotatable bonds is 1. The van der Waals surface area contributed by atoms with E-state index in [9.17, 15) is 22.4 Å². The van der Waals surface area contributed by atoms with Crippen LogP contribution in [0.2, 0.25) is 0 Å². The van der Waals surface area contributed by atoms with Crippen molar-refractivity contribution >= 4 is 6.08 Å². The van der Waals surface area contributed by atoms with Gasteiger partial charge in [0.25, 0.3) is 6.08 Å². The summed E-state index contributed by atoms with van der Waals surface area (Å²) in [5.74, 6) is 0. The normalized spacial score (nSPS) is 25.4. The van der Waals surface area contributed by atoms with E-state index in [1.807, 2.05) is 0 Å². The van der Waals surface area contributed by atoms with E-state index in [0.717, 1.165) is 0 Å². The van der Waals surface area contributed by atoms with E-state index in [4.69, 9.17) is 0 Å². The molecule has 10 heavy (non-hydrogen) atoms. The maximum atomic E-state index is 11.7. The van der Waals surface area contributed by atoms with Gasteiger partial charge >= 0.3 is 12.1 Å². The minimum Gasteiger partial charge on any atom is -0.209 e. The van der Waals surface area contributed by atoms with Crippen molar-refractivity contribution in [2.45, 2.75) is 12.1 Å². The molecular formula is C3F4N2O. The van der Waals surface area contributed by atoms with Crippen LogP contribution in [-0.4, -0.2) is 23.2 Å². The number of halogens is 4. The van der Waals surface area contributed by atoms with Crippen molar-refractivity contribution in [3.63, 3.8) is 0 Å². The van der Waals surface area contributed by atoms with Gasteiger partial charge in [0, 0.05) is 0 Å². The number of alkyl halides is 4. The molecule has 1 aliphatic rings. The van der Waals surface area contributed by atoms with Crippen LogP contribution in [0, 0.1) is 0 Å². The molecule has 0 aliphatic carbocycles. The Bertz CT molecular complexity index is 195. The number of isocyanates is 1. The number of hydrogen-bond acceptors (Lipinski definition) is 3. The summed E-state index contributed by atoms with van der Waals surface area (Å²) in [6.07, 6.45) is 0.582. The molecule has 0 N–H and O–H groups in total. The minimum absolute atomic E-state index is 0.582. The number of hydrazone groups is 1. The standard InChI is InChI=1S/C3F4N2O/c4-2(5)3(6,7)9(2)8-1-10. The molecule has 1 aliphatic heterocycles. The number of hydrogen-bond donors (Lipinski definition) is 0. The van der Waals surface area contributed by atoms with Crippen LogP contribution in [0.4, 0.5) is 17.6 Å². The third-order valence-electron chi connectivity index (χ3n) is 0.985. The van der Waals surface area contributed by atoms with Crippen LogP contribution >= 0.6 is 0 Å². The maximum Gasteiger partial charge on any atom is 0.430 e. The second-order valence-corrected chi connectivity index (χ2v) is 1.59. The molecule has 3 nitrogen and oxygen atoms in total. The van der Waals surface area contributed by atoms with Crippen LogP contribution < -0.4 is 0 Å². The lowest BCUT2D eigenvalue weighted by Gasteiger charge is -1.82. The van der Waals surface area contributed by atoms with Crippen LogP contribution in [0.3, 0.4) is 0 Å². The molecule has 0 unspecified atom stereocenters. The van der Waals surface area contributed by atoms with Crippen molar-refractivity contribution in [2.24, 2.45) is 5.10 Å². The van der Waals surface area contributed by atoms with Gasteiger partial charge in [0.2, 0.25) is 0 Å². The van der Waals surface area contributed by atoms with Gasteiger partial charge < -0.3 is 0 Å².